The Balaban J connectivity index is 2.43. The van der Waals surface area contributed by atoms with Crippen molar-refractivity contribution < 1.29 is 0 Å². The van der Waals surface area contributed by atoms with Gasteiger partial charge in [0, 0.05) is 18.4 Å². The normalized spacial score (nSPS) is 12.1. The largest absolute Gasteiger partial charge is 0.399 e. The first-order valence-electron chi connectivity index (χ1n) is 7.33. The molecule has 1 aromatic carbocycles. The summed E-state index contributed by atoms with van der Waals surface area (Å²) in [5.74, 6) is 0. The van der Waals surface area contributed by atoms with Crippen LogP contribution in [0.2, 0.25) is 0 Å². The molecular formula is C18H24ClN3. The second kappa shape index (κ2) is 9.85. The third-order valence-electron chi connectivity index (χ3n) is 3.29. The summed E-state index contributed by atoms with van der Waals surface area (Å²) in [6, 6.07) is 10.4. The molecular weight excluding hydrogens is 294 g/mol. The molecule has 0 saturated carbocycles. The molecule has 0 aliphatic carbocycles. The number of nitrogens with zero attached hydrogens (tertiary/aromatic N) is 1. The van der Waals surface area contributed by atoms with Crippen molar-refractivity contribution in [3.8, 4) is 0 Å². The van der Waals surface area contributed by atoms with Gasteiger partial charge in [0.1, 0.15) is 0 Å². The molecule has 118 valence electrons. The third-order valence-corrected chi connectivity index (χ3v) is 3.50. The van der Waals surface area contributed by atoms with Crippen molar-refractivity contribution >= 4 is 17.9 Å². The lowest BCUT2D eigenvalue weighted by atomic mass is 10.1. The maximum Gasteiger partial charge on any atom is 0.0857 e. The molecule has 0 unspecified atom stereocenters. The Morgan fingerprint density at radius 3 is 2.59 bits per heavy atom. The molecule has 0 aliphatic heterocycles. The zero-order valence-corrected chi connectivity index (χ0v) is 13.8. The van der Waals surface area contributed by atoms with Gasteiger partial charge in [-0.25, -0.2) is 0 Å². The highest BCUT2D eigenvalue weighted by Gasteiger charge is 1.99. The van der Waals surface area contributed by atoms with Crippen LogP contribution in [0.4, 0.5) is 0 Å². The van der Waals surface area contributed by atoms with Crippen molar-refractivity contribution in [1.82, 2.24) is 4.90 Å². The molecule has 22 heavy (non-hydrogen) atoms. The highest BCUT2D eigenvalue weighted by molar-refractivity contribution is 6.31. The lowest BCUT2D eigenvalue weighted by Gasteiger charge is -2.14. The average Bonchev–Trinajstić information content (AvgIpc) is 2.51. The molecule has 0 radical (unpaired) electrons. The van der Waals surface area contributed by atoms with E-state index in [1.807, 2.05) is 13.0 Å². The van der Waals surface area contributed by atoms with E-state index in [1.165, 1.54) is 11.9 Å². The monoisotopic (exact) mass is 317 g/mol. The van der Waals surface area contributed by atoms with Gasteiger partial charge in [-0.1, -0.05) is 48.5 Å². The quantitative estimate of drug-likeness (QED) is 0.306. The van der Waals surface area contributed by atoms with Gasteiger partial charge in [-0.05, 0) is 43.4 Å². The Morgan fingerprint density at radius 1 is 1.32 bits per heavy atom. The van der Waals surface area contributed by atoms with Crippen LogP contribution in [0.25, 0.3) is 0 Å². The van der Waals surface area contributed by atoms with Crippen molar-refractivity contribution in [3.63, 3.8) is 0 Å². The zero-order valence-electron chi connectivity index (χ0n) is 13.1. The number of rotatable bonds is 9. The lowest BCUT2D eigenvalue weighted by Crippen LogP contribution is -2.16. The second-order valence-corrected chi connectivity index (χ2v) is 5.61. The molecule has 0 aromatic heterocycles. The summed E-state index contributed by atoms with van der Waals surface area (Å²) in [6.45, 7) is 6.28. The Labute approximate surface area is 138 Å². The van der Waals surface area contributed by atoms with Crippen LogP contribution < -0.4 is 5.73 Å². The number of halogens is 1. The van der Waals surface area contributed by atoms with Gasteiger partial charge in [-0.15, -0.1) is 0 Å². The number of allylic oxidation sites excluding steroid dienone is 3. The Kier molecular flexibility index (Phi) is 8.08. The van der Waals surface area contributed by atoms with Gasteiger partial charge in [-0.2, -0.15) is 0 Å². The summed E-state index contributed by atoms with van der Waals surface area (Å²) in [7, 11) is 0. The highest BCUT2D eigenvalue weighted by atomic mass is 35.5. The van der Waals surface area contributed by atoms with Crippen molar-refractivity contribution in [3.05, 3.63) is 71.1 Å². The molecule has 0 fully saturated rings. The third kappa shape index (κ3) is 7.14. The smallest absolute Gasteiger partial charge is 0.0857 e. The number of benzene rings is 1. The van der Waals surface area contributed by atoms with Crippen LogP contribution in [0.15, 0.2) is 65.5 Å². The average molecular weight is 318 g/mol. The first-order chi connectivity index (χ1) is 10.5. The van der Waals surface area contributed by atoms with Crippen molar-refractivity contribution in [2.75, 3.05) is 6.54 Å². The van der Waals surface area contributed by atoms with Gasteiger partial charge in [0.25, 0.3) is 0 Å². The number of aryl methyl sites for hydroxylation is 1. The zero-order chi connectivity index (χ0) is 16.4. The van der Waals surface area contributed by atoms with E-state index in [4.69, 9.17) is 22.7 Å². The van der Waals surface area contributed by atoms with Gasteiger partial charge >= 0.3 is 0 Å². The summed E-state index contributed by atoms with van der Waals surface area (Å²) in [5.41, 5.74) is 8.26. The molecule has 3 N–H and O–H groups in total. The number of nitrogens with two attached hydrogens (primary N) is 1. The molecule has 0 spiro atoms. The molecule has 4 heteroatoms. The van der Waals surface area contributed by atoms with Crippen LogP contribution in [-0.2, 0) is 6.42 Å². The molecule has 1 rings (SSSR count). The van der Waals surface area contributed by atoms with Crippen LogP contribution in [0.5, 0.6) is 0 Å². The lowest BCUT2D eigenvalue weighted by molar-refractivity contribution is 0.527. The van der Waals surface area contributed by atoms with E-state index in [0.29, 0.717) is 10.7 Å². The van der Waals surface area contributed by atoms with Gasteiger partial charge in [-0.3, -0.25) is 5.41 Å². The molecule has 3 nitrogen and oxygen atoms in total. The summed E-state index contributed by atoms with van der Waals surface area (Å²) < 4.78 is 0. The molecule has 0 saturated heterocycles. The van der Waals surface area contributed by atoms with E-state index in [0.717, 1.165) is 31.4 Å². The molecule has 0 heterocycles. The van der Waals surface area contributed by atoms with Gasteiger partial charge in [0.2, 0.25) is 0 Å². The summed E-state index contributed by atoms with van der Waals surface area (Å²) in [6.07, 6.45) is 7.90. The first-order valence-corrected chi connectivity index (χ1v) is 7.71. The summed E-state index contributed by atoms with van der Waals surface area (Å²) in [4.78, 5) is 1.77. The second-order valence-electron chi connectivity index (χ2n) is 5.18. The molecule has 1 aromatic rings. The van der Waals surface area contributed by atoms with E-state index in [9.17, 15) is 0 Å². The van der Waals surface area contributed by atoms with E-state index in [2.05, 4.69) is 30.8 Å². The van der Waals surface area contributed by atoms with Crippen LogP contribution >= 0.6 is 11.6 Å². The summed E-state index contributed by atoms with van der Waals surface area (Å²) in [5, 5.41) is 7.99. The minimum absolute atomic E-state index is 0.496. The van der Waals surface area contributed by atoms with Crippen LogP contribution in [0.3, 0.4) is 0 Å². The van der Waals surface area contributed by atoms with E-state index < -0.39 is 0 Å². The summed E-state index contributed by atoms with van der Waals surface area (Å²) >= 11 is 6.15. The van der Waals surface area contributed by atoms with E-state index in [1.54, 1.807) is 17.2 Å². The topological polar surface area (TPSA) is 53.1 Å². The maximum atomic E-state index is 7.45. The number of nitrogens with one attached hydrogen (secondary N) is 1. The molecule has 0 atom stereocenters. The van der Waals surface area contributed by atoms with Crippen LogP contribution in [0.1, 0.15) is 25.3 Å². The van der Waals surface area contributed by atoms with Crippen molar-refractivity contribution in [2.45, 2.75) is 26.2 Å². The van der Waals surface area contributed by atoms with Gasteiger partial charge < -0.3 is 10.6 Å². The molecule has 0 amide bonds. The number of hydrogen-bond donors (Lipinski definition) is 2. The van der Waals surface area contributed by atoms with E-state index >= 15 is 0 Å². The van der Waals surface area contributed by atoms with Crippen LogP contribution in [-0.4, -0.2) is 17.8 Å². The Hall–Kier alpha value is -2.00. The van der Waals surface area contributed by atoms with E-state index in [-0.39, 0.29) is 0 Å². The minimum atomic E-state index is 0.496. The Bertz CT molecular complexity index is 547. The number of unbranched alkanes of at least 4 members (excludes halogenated alkanes) is 1. The van der Waals surface area contributed by atoms with Crippen molar-refractivity contribution in [2.24, 2.45) is 5.73 Å². The fourth-order valence-electron chi connectivity index (χ4n) is 1.93. The Morgan fingerprint density at radius 2 is 2.00 bits per heavy atom. The van der Waals surface area contributed by atoms with Gasteiger partial charge in [0.05, 0.1) is 11.4 Å². The highest BCUT2D eigenvalue weighted by Crippen LogP contribution is 2.12. The standard InChI is InChI=1S/C18H24ClN3/c1-15(16(2)21)12-18(19)13-22(14-20)11-7-6-10-17-8-4-3-5-9-17/h3-5,8-9,12-14,20H,2,6-7,10-11,21H2,1H3/b15-12+,18-13+,20-14?. The fourth-order valence-corrected chi connectivity index (χ4v) is 2.22. The maximum absolute atomic E-state index is 7.45. The number of hydrogen-bond acceptors (Lipinski definition) is 2. The van der Waals surface area contributed by atoms with Crippen LogP contribution in [0, 0.1) is 5.41 Å². The minimum Gasteiger partial charge on any atom is -0.399 e. The fraction of sp³-hybridized carbons (Fsp3) is 0.278. The SMILES string of the molecule is C=C(N)/C(C)=C/C(Cl)=C\N(C=N)CCCCc1ccccc1. The molecule has 0 aliphatic rings. The van der Waals surface area contributed by atoms with Crippen molar-refractivity contribution in [1.29, 1.82) is 5.41 Å². The predicted molar refractivity (Wildman–Crippen MR) is 95.9 cm³/mol. The molecule has 0 bridgehead atoms. The predicted octanol–water partition coefficient (Wildman–Crippen LogP) is 4.42. The first kappa shape index (κ1) is 18.1. The van der Waals surface area contributed by atoms with Gasteiger partial charge in [0.15, 0.2) is 0 Å².